The highest BCUT2D eigenvalue weighted by Crippen LogP contribution is 2.32. The Morgan fingerprint density at radius 1 is 0.706 bits per heavy atom. The zero-order valence-electron chi connectivity index (χ0n) is 31.6. The van der Waals surface area contributed by atoms with Gasteiger partial charge in [-0.1, -0.05) is 70.6 Å². The van der Waals surface area contributed by atoms with Crippen LogP contribution in [0.3, 0.4) is 0 Å². The molecule has 4 aromatic rings. The van der Waals surface area contributed by atoms with Gasteiger partial charge in [-0.05, 0) is 133 Å². The summed E-state index contributed by atoms with van der Waals surface area (Å²) in [5, 5.41) is 0. The topological polar surface area (TPSA) is 78.6 Å². The minimum atomic E-state index is -0.421. The first-order valence-corrected chi connectivity index (χ1v) is 16.4. The van der Waals surface area contributed by atoms with E-state index < -0.39 is 6.04 Å². The predicted octanol–water partition coefficient (Wildman–Crippen LogP) is 11.1. The number of esters is 2. The van der Waals surface area contributed by atoms with E-state index in [0.717, 1.165) is 55.6 Å². The first-order chi connectivity index (χ1) is 23.3. The van der Waals surface area contributed by atoms with Crippen LogP contribution in [0.5, 0.6) is 0 Å². The van der Waals surface area contributed by atoms with E-state index >= 15 is 0 Å². The number of hydrogen-bond acceptors (Lipinski definition) is 5. The second kappa shape index (κ2) is 24.5. The maximum Gasteiger partial charge on any atom is 0.307 e. The van der Waals surface area contributed by atoms with Gasteiger partial charge in [0, 0.05) is 7.41 Å². The van der Waals surface area contributed by atoms with Gasteiger partial charge in [-0.3, -0.25) is 9.59 Å². The molecule has 0 saturated heterocycles. The molecule has 0 aliphatic carbocycles. The number of carbonyl (C=O) groups excluding carboxylic acids is 2. The molecule has 0 aliphatic heterocycles. The number of halogens is 2. The molecule has 2 N–H and O–H groups in total. The number of aryl methyl sites for hydroxylation is 4. The highest BCUT2D eigenvalue weighted by atomic mass is 32.1. The lowest BCUT2D eigenvalue weighted by molar-refractivity contribution is -0.144. The van der Waals surface area contributed by atoms with E-state index in [9.17, 15) is 18.4 Å². The maximum absolute atomic E-state index is 13.5. The first-order valence-electron chi connectivity index (χ1n) is 17.1. The zero-order valence-corrected chi connectivity index (χ0v) is 32.6. The fourth-order valence-electron chi connectivity index (χ4n) is 5.76. The first kappa shape index (κ1) is 47.3. The van der Waals surface area contributed by atoms with Crippen LogP contribution in [0.1, 0.15) is 102 Å². The van der Waals surface area contributed by atoms with Crippen molar-refractivity contribution in [1.29, 1.82) is 0 Å². The Bertz CT molecular complexity index is 1530. The average Bonchev–Trinajstić information content (AvgIpc) is 3.01. The Balaban J connectivity index is 0. The van der Waals surface area contributed by atoms with Gasteiger partial charge in [0.1, 0.15) is 11.6 Å². The minimum absolute atomic E-state index is 0. The van der Waals surface area contributed by atoms with E-state index in [1.54, 1.807) is 26.0 Å². The molecule has 0 aromatic heterocycles. The predicted molar refractivity (Wildman–Crippen MR) is 219 cm³/mol. The smallest absolute Gasteiger partial charge is 0.307 e. The van der Waals surface area contributed by atoms with Crippen molar-refractivity contribution in [3.63, 3.8) is 0 Å². The molecule has 0 saturated carbocycles. The summed E-state index contributed by atoms with van der Waals surface area (Å²) < 4.78 is 43.1. The van der Waals surface area contributed by atoms with Crippen LogP contribution in [0, 0.1) is 39.3 Å². The zero-order chi connectivity index (χ0) is 36.7. The van der Waals surface area contributed by atoms with Crippen molar-refractivity contribution < 1.29 is 29.2 Å². The van der Waals surface area contributed by atoms with Crippen molar-refractivity contribution in [2.45, 2.75) is 94.5 Å². The van der Waals surface area contributed by atoms with Crippen molar-refractivity contribution in [1.82, 2.24) is 0 Å². The summed E-state index contributed by atoms with van der Waals surface area (Å²) >= 11 is 0. The third kappa shape index (κ3) is 14.8. The second-order valence-electron chi connectivity index (χ2n) is 11.6. The monoisotopic (exact) mass is 744 g/mol. The number of benzene rings is 4. The second-order valence-corrected chi connectivity index (χ2v) is 11.6. The molecule has 0 fully saturated rings. The van der Waals surface area contributed by atoms with E-state index in [2.05, 4.69) is 6.07 Å². The molecule has 0 bridgehead atoms. The molecule has 9 heteroatoms. The van der Waals surface area contributed by atoms with Crippen LogP contribution < -0.4 is 5.73 Å². The molecule has 2 atom stereocenters. The lowest BCUT2D eigenvalue weighted by atomic mass is 9.91. The van der Waals surface area contributed by atoms with E-state index in [1.165, 1.54) is 12.1 Å². The Labute approximate surface area is 320 Å². The van der Waals surface area contributed by atoms with Gasteiger partial charge in [0.15, 0.2) is 0 Å². The number of carbonyl (C=O) groups is 2. The molecule has 0 aliphatic rings. The van der Waals surface area contributed by atoms with Gasteiger partial charge in [0.25, 0.3) is 0 Å². The molecule has 4 aromatic carbocycles. The van der Waals surface area contributed by atoms with Crippen molar-refractivity contribution in [3.05, 3.63) is 118 Å². The van der Waals surface area contributed by atoms with Gasteiger partial charge in [-0.15, -0.1) is 0 Å². The Kier molecular flexibility index (Phi) is 22.8. The summed E-state index contributed by atoms with van der Waals surface area (Å²) in [6.45, 7) is 16.2. The lowest BCUT2D eigenvalue weighted by Gasteiger charge is -2.15. The molecule has 51 heavy (non-hydrogen) atoms. The molecule has 0 spiro atoms. The number of hydrogen-bond donors (Lipinski definition) is 1. The van der Waals surface area contributed by atoms with Crippen molar-refractivity contribution >= 4 is 38.9 Å². The van der Waals surface area contributed by atoms with Crippen LogP contribution in [0.15, 0.2) is 72.8 Å². The summed E-state index contributed by atoms with van der Waals surface area (Å²) in [6, 6.07) is 21.5. The van der Waals surface area contributed by atoms with Gasteiger partial charge in [-0.2, -0.15) is 27.0 Å². The van der Waals surface area contributed by atoms with Gasteiger partial charge < -0.3 is 15.2 Å². The van der Waals surface area contributed by atoms with Crippen LogP contribution in [-0.4, -0.2) is 25.2 Å². The van der Waals surface area contributed by atoms with E-state index in [0.29, 0.717) is 26.5 Å². The molecular weight excluding hydrogens is 685 g/mol. The Hall–Kier alpha value is -3.66. The van der Waals surface area contributed by atoms with Crippen LogP contribution in [-0.2, 0) is 19.1 Å². The molecule has 282 valence electrons. The number of nitrogens with two attached hydrogens (primary N) is 1. The molecule has 0 radical (unpaired) electrons. The summed E-state index contributed by atoms with van der Waals surface area (Å²) in [5.74, 6) is -0.858. The largest absolute Gasteiger partial charge is 0.466 e. The SMILES string of the molecule is C.CCOC(=O)C[C@H](C)c1cccc(-c2c(C)cc(F)cc2C)c1.CCOC(=O)C[C@H](N)c1cccc(-c2c(C)cc(F)cc2C)c1.S.S.[2H]CC. The average molecular weight is 745 g/mol. The molecule has 4 rings (SSSR count). The molecular formula is C42H59F2NO4S2. The molecule has 5 nitrogen and oxygen atoms in total. The van der Waals surface area contributed by atoms with E-state index in [4.69, 9.17) is 16.6 Å². The highest BCUT2D eigenvalue weighted by Gasteiger charge is 2.16. The number of ether oxygens (including phenoxy) is 2. The minimum Gasteiger partial charge on any atom is -0.466 e. The molecule has 0 heterocycles. The fraction of sp³-hybridized carbons (Fsp3) is 0.381. The van der Waals surface area contributed by atoms with Crippen molar-refractivity contribution in [3.8, 4) is 22.3 Å². The maximum atomic E-state index is 13.5. The fourth-order valence-corrected chi connectivity index (χ4v) is 5.76. The van der Waals surface area contributed by atoms with E-state index in [-0.39, 0.29) is 70.3 Å². The van der Waals surface area contributed by atoms with Crippen LogP contribution >= 0.6 is 27.0 Å². The van der Waals surface area contributed by atoms with Crippen molar-refractivity contribution in [2.75, 3.05) is 13.2 Å². The lowest BCUT2D eigenvalue weighted by Crippen LogP contribution is -2.17. The third-order valence-electron chi connectivity index (χ3n) is 7.81. The van der Waals surface area contributed by atoms with Gasteiger partial charge in [0.2, 0.25) is 0 Å². The van der Waals surface area contributed by atoms with Gasteiger partial charge in [-0.25, -0.2) is 8.78 Å². The normalized spacial score (nSPS) is 11.2. The Morgan fingerprint density at radius 3 is 1.45 bits per heavy atom. The summed E-state index contributed by atoms with van der Waals surface area (Å²) in [5.41, 5.74) is 15.7. The third-order valence-corrected chi connectivity index (χ3v) is 7.81. The summed E-state index contributed by atoms with van der Waals surface area (Å²) in [4.78, 5) is 23.2. The van der Waals surface area contributed by atoms with Crippen LogP contribution in [0.2, 0.25) is 0 Å². The summed E-state index contributed by atoms with van der Waals surface area (Å²) in [7, 11) is 0. The standard InChI is InChI=1S/C20H23FO2.C19H22FNO2.C2H6.CH4.2H2S/c1-5-23-19(22)11-13(2)16-7-6-8-17(12-16)20-14(3)9-18(21)10-15(20)4;1-4-23-18(22)11-17(21)14-6-5-7-15(10-14)19-12(2)8-16(20)9-13(19)3;1-2;;;/h6-10,12-13H,5,11H2,1-4H3;5-10,17H,4,11,21H2,1-3H3;1-2H3;1H4;2*1H2/t13-;17-;;;;/m00..../s1/i;;1D;;;. The quantitative estimate of drug-likeness (QED) is 0.164. The van der Waals surface area contributed by atoms with Crippen molar-refractivity contribution in [2.24, 2.45) is 5.73 Å². The highest BCUT2D eigenvalue weighted by molar-refractivity contribution is 7.59. The van der Waals surface area contributed by atoms with Crippen LogP contribution in [0.4, 0.5) is 8.78 Å². The summed E-state index contributed by atoms with van der Waals surface area (Å²) in [6.07, 6.45) is 0.497. The number of rotatable bonds is 10. The Morgan fingerprint density at radius 2 is 1.06 bits per heavy atom. The van der Waals surface area contributed by atoms with Gasteiger partial charge in [0.05, 0.1) is 26.1 Å². The molecule has 0 unspecified atom stereocenters. The van der Waals surface area contributed by atoms with E-state index in [1.807, 2.05) is 84.0 Å². The molecule has 0 amide bonds. The van der Waals surface area contributed by atoms with Gasteiger partial charge >= 0.3 is 11.9 Å². The van der Waals surface area contributed by atoms with Crippen LogP contribution in [0.25, 0.3) is 22.3 Å².